The van der Waals surface area contributed by atoms with Gasteiger partial charge in [0.15, 0.2) is 6.10 Å². The van der Waals surface area contributed by atoms with Crippen molar-refractivity contribution < 1.29 is 34.1 Å². The lowest BCUT2D eigenvalue weighted by Crippen LogP contribution is -2.55. The Kier molecular flexibility index (Phi) is 8.12. The predicted molar refractivity (Wildman–Crippen MR) is 60.5 cm³/mol. The molecule has 0 aliphatic heterocycles. The van der Waals surface area contributed by atoms with Crippen LogP contribution in [0.25, 0.3) is 0 Å². The molecule has 0 spiro atoms. The molecule has 0 aliphatic carbocycles. The SMILES string of the molecule is CC(=O)NC(CN)C(O)[C@H](O[P+](=O)O)C(O)CO. The van der Waals surface area contributed by atoms with Crippen molar-refractivity contribution in [3.05, 3.63) is 0 Å². The molecular formula is C8H18N2O7P+. The summed E-state index contributed by atoms with van der Waals surface area (Å²) in [5.41, 5.74) is 5.32. The van der Waals surface area contributed by atoms with E-state index in [-0.39, 0.29) is 6.54 Å². The molecule has 0 saturated heterocycles. The van der Waals surface area contributed by atoms with Crippen molar-refractivity contribution in [2.75, 3.05) is 13.2 Å². The predicted octanol–water partition coefficient (Wildman–Crippen LogP) is -2.80. The van der Waals surface area contributed by atoms with E-state index in [1.54, 1.807) is 0 Å². The molecule has 4 unspecified atom stereocenters. The normalized spacial score (nSPS) is 18.7. The number of hydrogen-bond donors (Lipinski definition) is 6. The van der Waals surface area contributed by atoms with Gasteiger partial charge in [0.2, 0.25) is 5.91 Å². The second-order valence-electron chi connectivity index (χ2n) is 3.59. The standard InChI is InChI=1S/C8H17N2O7P/c1-4(12)10-5(2-9)7(14)8(6(13)3-11)17-18(15)16/h5-8,11,13-14H,2-3,9H2,1H3,(H-,10,12,15,16)/p+1/t5?,6?,7?,8-/m1/s1. The number of aliphatic hydroxyl groups excluding tert-OH is 3. The van der Waals surface area contributed by atoms with Crippen molar-refractivity contribution in [2.24, 2.45) is 5.73 Å². The number of aliphatic hydroxyl groups is 3. The van der Waals surface area contributed by atoms with E-state index in [2.05, 4.69) is 9.84 Å². The fourth-order valence-electron chi connectivity index (χ4n) is 1.34. The maximum atomic E-state index is 10.9. The number of amides is 1. The molecule has 106 valence electrons. The van der Waals surface area contributed by atoms with Gasteiger partial charge in [-0.15, -0.1) is 9.42 Å². The molecule has 0 heterocycles. The lowest BCUT2D eigenvalue weighted by molar-refractivity contribution is -0.122. The van der Waals surface area contributed by atoms with Gasteiger partial charge < -0.3 is 26.4 Å². The van der Waals surface area contributed by atoms with Crippen LogP contribution in [0.5, 0.6) is 0 Å². The molecule has 0 fully saturated rings. The summed E-state index contributed by atoms with van der Waals surface area (Å²) in [7, 11) is -3.10. The van der Waals surface area contributed by atoms with E-state index in [1.165, 1.54) is 6.92 Å². The summed E-state index contributed by atoms with van der Waals surface area (Å²) in [6.45, 7) is 0.226. The van der Waals surface area contributed by atoms with Crippen LogP contribution in [-0.2, 0) is 13.9 Å². The van der Waals surface area contributed by atoms with Gasteiger partial charge in [-0.05, 0) is 0 Å². The van der Waals surface area contributed by atoms with Gasteiger partial charge in [-0.3, -0.25) is 4.79 Å². The van der Waals surface area contributed by atoms with Gasteiger partial charge in [0, 0.05) is 18.0 Å². The number of nitrogens with two attached hydrogens (primary N) is 1. The summed E-state index contributed by atoms with van der Waals surface area (Å²) < 4.78 is 15.0. The highest BCUT2D eigenvalue weighted by Gasteiger charge is 2.39. The average molecular weight is 285 g/mol. The minimum atomic E-state index is -3.10. The molecule has 0 saturated carbocycles. The number of rotatable bonds is 8. The van der Waals surface area contributed by atoms with E-state index in [9.17, 15) is 19.6 Å². The topological polar surface area (TPSA) is 162 Å². The first-order valence-electron chi connectivity index (χ1n) is 5.10. The highest BCUT2D eigenvalue weighted by atomic mass is 31.1. The van der Waals surface area contributed by atoms with Crippen LogP contribution in [0.4, 0.5) is 0 Å². The zero-order chi connectivity index (χ0) is 14.3. The van der Waals surface area contributed by atoms with Gasteiger partial charge in [0.25, 0.3) is 0 Å². The minimum absolute atomic E-state index is 0.180. The monoisotopic (exact) mass is 285 g/mol. The first-order valence-corrected chi connectivity index (χ1v) is 6.23. The van der Waals surface area contributed by atoms with Crippen molar-refractivity contribution in [3.8, 4) is 0 Å². The summed E-state index contributed by atoms with van der Waals surface area (Å²) in [6, 6.07) is -0.983. The van der Waals surface area contributed by atoms with Crippen LogP contribution in [0.15, 0.2) is 0 Å². The van der Waals surface area contributed by atoms with Crippen LogP contribution in [0.2, 0.25) is 0 Å². The van der Waals surface area contributed by atoms with Crippen molar-refractivity contribution in [3.63, 3.8) is 0 Å². The second kappa shape index (κ2) is 8.44. The van der Waals surface area contributed by atoms with E-state index < -0.39 is 45.1 Å². The molecule has 7 N–H and O–H groups in total. The Morgan fingerprint density at radius 2 is 2.06 bits per heavy atom. The molecular weight excluding hydrogens is 267 g/mol. The first-order chi connectivity index (χ1) is 8.33. The van der Waals surface area contributed by atoms with Crippen molar-refractivity contribution in [1.82, 2.24) is 5.32 Å². The molecule has 0 aliphatic rings. The van der Waals surface area contributed by atoms with Crippen LogP contribution in [-0.4, -0.2) is 63.6 Å². The summed E-state index contributed by atoms with van der Waals surface area (Å²) in [4.78, 5) is 19.5. The molecule has 0 rings (SSSR count). The quantitative estimate of drug-likeness (QED) is 0.260. The highest BCUT2D eigenvalue weighted by Crippen LogP contribution is 2.23. The van der Waals surface area contributed by atoms with Crippen molar-refractivity contribution in [1.29, 1.82) is 0 Å². The second-order valence-corrected chi connectivity index (χ2v) is 4.28. The summed E-state index contributed by atoms with van der Waals surface area (Å²) in [6.07, 6.45) is -4.69. The van der Waals surface area contributed by atoms with Crippen LogP contribution < -0.4 is 11.1 Å². The largest absolute Gasteiger partial charge is 0.695 e. The molecule has 10 heteroatoms. The van der Waals surface area contributed by atoms with E-state index in [0.717, 1.165) is 0 Å². The lowest BCUT2D eigenvalue weighted by Gasteiger charge is -2.27. The van der Waals surface area contributed by atoms with Crippen LogP contribution >= 0.6 is 8.25 Å². The molecule has 1 amide bonds. The molecule has 18 heavy (non-hydrogen) atoms. The fourth-order valence-corrected chi connectivity index (χ4v) is 1.82. The Balaban J connectivity index is 4.83. The third-order valence-corrected chi connectivity index (χ3v) is 2.59. The Morgan fingerprint density at radius 3 is 2.39 bits per heavy atom. The van der Waals surface area contributed by atoms with Gasteiger partial charge in [-0.2, -0.15) is 0 Å². The lowest BCUT2D eigenvalue weighted by atomic mass is 10.0. The smallest absolute Gasteiger partial charge is 0.394 e. The molecule has 0 aromatic carbocycles. The fraction of sp³-hybridized carbons (Fsp3) is 0.875. The molecule has 0 radical (unpaired) electrons. The average Bonchev–Trinajstić information content (AvgIpc) is 2.30. The molecule has 0 aromatic rings. The Hall–Kier alpha value is -0.670. The van der Waals surface area contributed by atoms with Crippen molar-refractivity contribution in [2.45, 2.75) is 31.3 Å². The first kappa shape index (κ1) is 17.3. The molecule has 0 bridgehead atoms. The van der Waals surface area contributed by atoms with Gasteiger partial charge in [0.1, 0.15) is 12.2 Å². The Labute approximate surface area is 105 Å². The number of carbonyl (C=O) groups is 1. The van der Waals surface area contributed by atoms with Gasteiger partial charge in [0.05, 0.1) is 12.6 Å². The third kappa shape index (κ3) is 5.78. The number of carbonyl (C=O) groups excluding carboxylic acids is 1. The number of hydrogen-bond acceptors (Lipinski definition) is 7. The van der Waals surface area contributed by atoms with E-state index in [0.29, 0.717) is 0 Å². The zero-order valence-electron chi connectivity index (χ0n) is 9.76. The van der Waals surface area contributed by atoms with E-state index in [1.807, 2.05) is 0 Å². The van der Waals surface area contributed by atoms with Crippen molar-refractivity contribution >= 4 is 14.2 Å². The Bertz CT molecular complexity index is 291. The summed E-state index contributed by atoms with van der Waals surface area (Å²) in [5.74, 6) is -0.477. The number of nitrogens with one attached hydrogen (secondary N) is 1. The van der Waals surface area contributed by atoms with E-state index in [4.69, 9.17) is 15.7 Å². The molecule has 9 nitrogen and oxygen atoms in total. The molecule has 0 aromatic heterocycles. The van der Waals surface area contributed by atoms with Gasteiger partial charge in [-0.25, -0.2) is 0 Å². The zero-order valence-corrected chi connectivity index (χ0v) is 10.7. The Morgan fingerprint density at radius 1 is 1.50 bits per heavy atom. The van der Waals surface area contributed by atoms with Gasteiger partial charge >= 0.3 is 8.25 Å². The van der Waals surface area contributed by atoms with E-state index >= 15 is 0 Å². The molecule has 5 atom stereocenters. The van der Waals surface area contributed by atoms with Crippen LogP contribution in [0.1, 0.15) is 6.92 Å². The minimum Gasteiger partial charge on any atom is -0.394 e. The highest BCUT2D eigenvalue weighted by molar-refractivity contribution is 7.32. The third-order valence-electron chi connectivity index (χ3n) is 2.17. The van der Waals surface area contributed by atoms with Crippen LogP contribution in [0.3, 0.4) is 0 Å². The summed E-state index contributed by atoms with van der Waals surface area (Å²) in [5, 5.41) is 30.3. The maximum Gasteiger partial charge on any atom is 0.695 e. The maximum absolute atomic E-state index is 10.9. The van der Waals surface area contributed by atoms with Gasteiger partial charge in [-0.1, -0.05) is 0 Å². The summed E-state index contributed by atoms with van der Waals surface area (Å²) >= 11 is 0. The van der Waals surface area contributed by atoms with Crippen LogP contribution in [0, 0.1) is 0 Å².